The van der Waals surface area contributed by atoms with Crippen molar-refractivity contribution in [3.8, 4) is 5.75 Å². The van der Waals surface area contributed by atoms with Crippen molar-refractivity contribution >= 4 is 15.9 Å². The Kier molecular flexibility index (Phi) is 9.17. The molecule has 208 valence electrons. The summed E-state index contributed by atoms with van der Waals surface area (Å²) in [5.74, 6) is 1.97. The van der Waals surface area contributed by atoms with Crippen LogP contribution in [0.15, 0.2) is 17.0 Å². The molecule has 0 aromatic heterocycles. The molecule has 0 bridgehead atoms. The standard InChI is InChI=1S/C27H44N4O5S/c1-20-14-24(35-5)15-21(2)27(20)37(33,34)29(4)12-13-36-19-26(32)31-11-8-23-17-30(18-25(23)31)16-22-6-9-28(3)10-7-22/h14-15,22-23,25H,6-13,16-19H2,1-5H3/t23-,25+/m1/s1. The Morgan fingerprint density at radius 2 is 1.76 bits per heavy atom. The summed E-state index contributed by atoms with van der Waals surface area (Å²) in [6.45, 7) is 10.2. The number of fused-ring (bicyclic) bond motifs is 1. The van der Waals surface area contributed by atoms with Gasteiger partial charge in [-0.15, -0.1) is 0 Å². The number of benzene rings is 1. The number of aryl methyl sites for hydroxylation is 2. The molecule has 2 atom stereocenters. The Labute approximate surface area is 222 Å². The Hall–Kier alpha value is -1.72. The summed E-state index contributed by atoms with van der Waals surface area (Å²) in [5, 5.41) is 0. The molecule has 0 N–H and O–H groups in total. The van der Waals surface area contributed by atoms with Crippen molar-refractivity contribution in [2.45, 2.75) is 44.0 Å². The predicted molar refractivity (Wildman–Crippen MR) is 143 cm³/mol. The van der Waals surface area contributed by atoms with Crippen LogP contribution in [0.4, 0.5) is 0 Å². The maximum atomic E-state index is 13.2. The molecule has 3 saturated heterocycles. The quantitative estimate of drug-likeness (QED) is 0.422. The number of rotatable bonds is 10. The second-order valence-electron chi connectivity index (χ2n) is 11.1. The van der Waals surface area contributed by atoms with Gasteiger partial charge in [-0.3, -0.25) is 4.79 Å². The summed E-state index contributed by atoms with van der Waals surface area (Å²) in [4.78, 5) is 20.2. The number of piperidine rings is 1. The third kappa shape index (κ3) is 6.47. The van der Waals surface area contributed by atoms with Crippen LogP contribution in [0, 0.1) is 25.7 Å². The zero-order valence-corrected chi connectivity index (χ0v) is 23.9. The van der Waals surface area contributed by atoms with Crippen molar-refractivity contribution in [1.82, 2.24) is 19.0 Å². The van der Waals surface area contributed by atoms with Crippen LogP contribution in [0.2, 0.25) is 0 Å². The molecule has 0 aliphatic carbocycles. The molecule has 9 nitrogen and oxygen atoms in total. The number of likely N-dealkylation sites (N-methyl/N-ethyl adjacent to an activating group) is 1. The number of methoxy groups -OCH3 is 1. The molecule has 4 rings (SSSR count). The SMILES string of the molecule is COc1cc(C)c(S(=O)(=O)N(C)CCOCC(=O)N2CC[C@@H]3CN(CC4CCN(C)CC4)C[C@@H]32)c(C)c1. The van der Waals surface area contributed by atoms with Gasteiger partial charge in [-0.25, -0.2) is 8.42 Å². The molecule has 1 amide bonds. The number of hydrogen-bond donors (Lipinski definition) is 0. The van der Waals surface area contributed by atoms with Crippen LogP contribution in [0.25, 0.3) is 0 Å². The van der Waals surface area contributed by atoms with E-state index in [0.717, 1.165) is 38.5 Å². The molecule has 10 heteroatoms. The lowest BCUT2D eigenvalue weighted by atomic mass is 9.96. The first-order valence-electron chi connectivity index (χ1n) is 13.5. The number of amides is 1. The Morgan fingerprint density at radius 1 is 1.08 bits per heavy atom. The van der Waals surface area contributed by atoms with Gasteiger partial charge >= 0.3 is 0 Å². The van der Waals surface area contributed by atoms with Crippen LogP contribution in [-0.2, 0) is 19.6 Å². The minimum absolute atomic E-state index is 0.00728. The van der Waals surface area contributed by atoms with Crippen molar-refractivity contribution in [3.05, 3.63) is 23.3 Å². The van der Waals surface area contributed by atoms with E-state index in [2.05, 4.69) is 16.8 Å². The lowest BCUT2D eigenvalue weighted by molar-refractivity contribution is -0.137. The maximum absolute atomic E-state index is 13.2. The third-order valence-corrected chi connectivity index (χ3v) is 10.6. The summed E-state index contributed by atoms with van der Waals surface area (Å²) in [5.41, 5.74) is 1.29. The Bertz CT molecular complexity index is 1030. The number of ether oxygens (including phenoxy) is 2. The number of nitrogens with zero attached hydrogens (tertiary/aromatic N) is 4. The number of hydrogen-bond acceptors (Lipinski definition) is 7. The highest BCUT2D eigenvalue weighted by Crippen LogP contribution is 2.33. The average molecular weight is 537 g/mol. The average Bonchev–Trinajstić information content (AvgIpc) is 3.42. The van der Waals surface area contributed by atoms with Crippen molar-refractivity contribution in [3.63, 3.8) is 0 Å². The van der Waals surface area contributed by atoms with Crippen LogP contribution in [0.5, 0.6) is 5.75 Å². The number of carbonyl (C=O) groups excluding carboxylic acids is 1. The summed E-state index contributed by atoms with van der Waals surface area (Å²) >= 11 is 0. The molecule has 3 heterocycles. The van der Waals surface area contributed by atoms with E-state index in [1.807, 2.05) is 4.90 Å². The van der Waals surface area contributed by atoms with Gasteiger partial charge in [0.1, 0.15) is 12.4 Å². The zero-order chi connectivity index (χ0) is 26.7. The second kappa shape index (κ2) is 12.0. The van der Waals surface area contributed by atoms with Gasteiger partial charge in [0.15, 0.2) is 0 Å². The normalized spacial score (nSPS) is 23.7. The summed E-state index contributed by atoms with van der Waals surface area (Å²) in [6, 6.07) is 3.74. The first-order valence-corrected chi connectivity index (χ1v) is 14.9. The van der Waals surface area contributed by atoms with Gasteiger partial charge in [-0.1, -0.05) is 0 Å². The van der Waals surface area contributed by atoms with Crippen LogP contribution in [-0.4, -0.2) is 120 Å². The van der Waals surface area contributed by atoms with Crippen molar-refractivity contribution in [2.24, 2.45) is 11.8 Å². The number of carbonyl (C=O) groups is 1. The van der Waals surface area contributed by atoms with Gasteiger partial charge in [0.25, 0.3) is 0 Å². The highest BCUT2D eigenvalue weighted by atomic mass is 32.2. The zero-order valence-electron chi connectivity index (χ0n) is 23.1. The number of likely N-dealkylation sites (tertiary alicyclic amines) is 3. The molecular weight excluding hydrogens is 492 g/mol. The van der Waals surface area contributed by atoms with Crippen LogP contribution >= 0.6 is 0 Å². The molecule has 1 aromatic carbocycles. The first-order chi connectivity index (χ1) is 17.6. The van der Waals surface area contributed by atoms with E-state index >= 15 is 0 Å². The summed E-state index contributed by atoms with van der Waals surface area (Å²) in [7, 11) is 1.63. The highest BCUT2D eigenvalue weighted by molar-refractivity contribution is 7.89. The topological polar surface area (TPSA) is 82.6 Å². The van der Waals surface area contributed by atoms with E-state index in [4.69, 9.17) is 9.47 Å². The molecule has 0 radical (unpaired) electrons. The number of sulfonamides is 1. The van der Waals surface area contributed by atoms with Crippen LogP contribution in [0.3, 0.4) is 0 Å². The first kappa shape index (κ1) is 28.3. The van der Waals surface area contributed by atoms with Gasteiger partial charge in [0, 0.05) is 45.8 Å². The summed E-state index contributed by atoms with van der Waals surface area (Å²) < 4.78 is 38.6. The van der Waals surface area contributed by atoms with Crippen LogP contribution in [0.1, 0.15) is 30.4 Å². The van der Waals surface area contributed by atoms with Gasteiger partial charge in [-0.05, 0) is 88.3 Å². The lowest BCUT2D eigenvalue weighted by Crippen LogP contribution is -2.43. The van der Waals surface area contributed by atoms with E-state index in [0.29, 0.717) is 27.7 Å². The largest absolute Gasteiger partial charge is 0.497 e. The molecule has 3 aliphatic rings. The fraction of sp³-hybridized carbons (Fsp3) is 0.741. The molecule has 3 fully saturated rings. The molecule has 1 aromatic rings. The molecule has 37 heavy (non-hydrogen) atoms. The van der Waals surface area contributed by atoms with Gasteiger partial charge in [-0.2, -0.15) is 4.31 Å². The van der Waals surface area contributed by atoms with Crippen LogP contribution < -0.4 is 4.74 Å². The van der Waals surface area contributed by atoms with Gasteiger partial charge in [0.2, 0.25) is 15.9 Å². The van der Waals surface area contributed by atoms with E-state index < -0.39 is 10.0 Å². The third-order valence-electron chi connectivity index (χ3n) is 8.41. The lowest BCUT2D eigenvalue weighted by Gasteiger charge is -2.32. The fourth-order valence-corrected chi connectivity index (χ4v) is 7.82. The molecule has 0 spiro atoms. The monoisotopic (exact) mass is 536 g/mol. The van der Waals surface area contributed by atoms with Gasteiger partial charge < -0.3 is 24.2 Å². The van der Waals surface area contributed by atoms with Gasteiger partial charge in [0.05, 0.1) is 18.6 Å². The Morgan fingerprint density at radius 3 is 2.41 bits per heavy atom. The van der Waals surface area contributed by atoms with Crippen molar-refractivity contribution in [1.29, 1.82) is 0 Å². The molecule has 0 saturated carbocycles. The predicted octanol–water partition coefficient (Wildman–Crippen LogP) is 1.82. The fourth-order valence-electron chi connectivity index (χ4n) is 6.26. The van der Waals surface area contributed by atoms with E-state index in [9.17, 15) is 13.2 Å². The smallest absolute Gasteiger partial charge is 0.248 e. The highest BCUT2D eigenvalue weighted by Gasteiger charge is 2.43. The Balaban J connectivity index is 1.23. The van der Waals surface area contributed by atoms with Crippen molar-refractivity contribution in [2.75, 3.05) is 80.2 Å². The maximum Gasteiger partial charge on any atom is 0.248 e. The minimum Gasteiger partial charge on any atom is -0.497 e. The molecule has 3 aliphatic heterocycles. The summed E-state index contributed by atoms with van der Waals surface area (Å²) in [6.07, 6.45) is 3.59. The minimum atomic E-state index is -3.68. The van der Waals surface area contributed by atoms with E-state index in [1.54, 1.807) is 40.1 Å². The molecular formula is C27H44N4O5S. The second-order valence-corrected chi connectivity index (χ2v) is 13.1. The molecule has 0 unspecified atom stereocenters. The van der Waals surface area contributed by atoms with E-state index in [1.165, 1.54) is 30.2 Å². The van der Waals surface area contributed by atoms with Crippen molar-refractivity contribution < 1.29 is 22.7 Å². The van der Waals surface area contributed by atoms with E-state index in [-0.39, 0.29) is 31.7 Å².